The Morgan fingerprint density at radius 1 is 1.11 bits per heavy atom. The molecular formula is C26H30F3N3O3. The van der Waals surface area contributed by atoms with Crippen LogP contribution in [0.25, 0.3) is 0 Å². The Kier molecular flexibility index (Phi) is 7.47. The summed E-state index contributed by atoms with van der Waals surface area (Å²) in [6, 6.07) is 9.03. The summed E-state index contributed by atoms with van der Waals surface area (Å²) in [7, 11) is 0. The van der Waals surface area contributed by atoms with Gasteiger partial charge >= 0.3 is 12.1 Å². The molecule has 0 aliphatic heterocycles. The van der Waals surface area contributed by atoms with Gasteiger partial charge in [-0.05, 0) is 66.1 Å². The number of hydrazine groups is 1. The summed E-state index contributed by atoms with van der Waals surface area (Å²) in [5.74, 6) is 0.632. The Balaban J connectivity index is 1.67. The fraction of sp³-hybridized carbons (Fsp3) is 0.385. The van der Waals surface area contributed by atoms with E-state index in [9.17, 15) is 18.0 Å². The van der Waals surface area contributed by atoms with Crippen molar-refractivity contribution in [3.8, 4) is 11.7 Å². The molecule has 0 bridgehead atoms. The molecule has 35 heavy (non-hydrogen) atoms. The number of benzene rings is 1. The lowest BCUT2D eigenvalue weighted by atomic mass is 9.71. The van der Waals surface area contributed by atoms with Crippen LogP contribution in [0.15, 0.2) is 47.0 Å². The van der Waals surface area contributed by atoms with Crippen molar-refractivity contribution < 1.29 is 27.1 Å². The fourth-order valence-corrected chi connectivity index (χ4v) is 3.79. The number of carbonyl (C=O) groups excluding carboxylic acids is 1. The molecule has 0 saturated carbocycles. The maximum Gasteiger partial charge on any atom is 0.417 e. The van der Waals surface area contributed by atoms with Crippen LogP contribution in [-0.2, 0) is 11.6 Å². The molecule has 3 rings (SSSR count). The Labute approximate surface area is 202 Å². The highest BCUT2D eigenvalue weighted by atomic mass is 19.4. The average Bonchev–Trinajstić information content (AvgIpc) is 3.27. The van der Waals surface area contributed by atoms with Gasteiger partial charge in [0.2, 0.25) is 0 Å². The van der Waals surface area contributed by atoms with E-state index in [-0.39, 0.29) is 22.9 Å². The van der Waals surface area contributed by atoms with Gasteiger partial charge in [0.1, 0.15) is 11.6 Å². The number of nitrogens with zero attached hydrogens (tertiary/aromatic N) is 1. The number of carbonyl (C=O) groups is 1. The highest BCUT2D eigenvalue weighted by molar-refractivity contribution is 5.92. The molecule has 2 aromatic heterocycles. The van der Waals surface area contributed by atoms with Gasteiger partial charge < -0.3 is 9.15 Å². The summed E-state index contributed by atoms with van der Waals surface area (Å²) >= 11 is 0. The van der Waals surface area contributed by atoms with Crippen LogP contribution >= 0.6 is 0 Å². The number of hydrogen-bond acceptors (Lipinski definition) is 5. The van der Waals surface area contributed by atoms with Gasteiger partial charge in [-0.3, -0.25) is 15.6 Å². The van der Waals surface area contributed by atoms with Crippen molar-refractivity contribution in [2.75, 3.05) is 5.43 Å². The second kappa shape index (κ2) is 10.0. The summed E-state index contributed by atoms with van der Waals surface area (Å²) in [4.78, 5) is 16.0. The molecule has 3 aromatic rings. The summed E-state index contributed by atoms with van der Waals surface area (Å²) in [6.45, 7) is 12.9. The van der Waals surface area contributed by atoms with Crippen LogP contribution in [0.2, 0.25) is 0 Å². The van der Waals surface area contributed by atoms with E-state index in [1.54, 1.807) is 0 Å². The summed E-state index contributed by atoms with van der Waals surface area (Å²) < 4.78 is 49.3. The van der Waals surface area contributed by atoms with Gasteiger partial charge in [-0.15, -0.1) is 0 Å². The van der Waals surface area contributed by atoms with Crippen LogP contribution in [0.4, 0.5) is 19.0 Å². The summed E-state index contributed by atoms with van der Waals surface area (Å²) in [5.41, 5.74) is 7.22. The normalized spacial score (nSPS) is 12.8. The minimum absolute atomic E-state index is 0.00693. The summed E-state index contributed by atoms with van der Waals surface area (Å²) in [5, 5.41) is 0. The number of pyridine rings is 1. The average molecular weight is 490 g/mol. The van der Waals surface area contributed by atoms with E-state index in [1.165, 1.54) is 17.7 Å². The van der Waals surface area contributed by atoms with Gasteiger partial charge in [0.05, 0.1) is 5.56 Å². The van der Waals surface area contributed by atoms with Gasteiger partial charge in [0, 0.05) is 12.3 Å². The Morgan fingerprint density at radius 2 is 1.83 bits per heavy atom. The molecule has 2 N–H and O–H groups in total. The lowest BCUT2D eigenvalue weighted by Gasteiger charge is -2.34. The molecule has 1 amide bonds. The topological polar surface area (TPSA) is 76.4 Å². The second-order valence-electron chi connectivity index (χ2n) is 9.19. The Hall–Kier alpha value is -3.49. The number of aryl methyl sites for hydroxylation is 2. The predicted molar refractivity (Wildman–Crippen MR) is 128 cm³/mol. The number of amides is 1. The number of nitrogens with one attached hydrogen (secondary N) is 2. The van der Waals surface area contributed by atoms with Gasteiger partial charge in [-0.1, -0.05) is 40.2 Å². The van der Waals surface area contributed by atoms with Gasteiger partial charge in [-0.2, -0.15) is 13.2 Å². The monoisotopic (exact) mass is 489 g/mol. The van der Waals surface area contributed by atoms with E-state index < -0.39 is 17.6 Å². The molecule has 1 aromatic carbocycles. The molecule has 0 radical (unpaired) electrons. The van der Waals surface area contributed by atoms with E-state index in [0.717, 1.165) is 29.7 Å². The standard InChI is InChI=1S/C26H30F3N3O3/c1-7-17(4)25(5,6)19-12-16(3)21(13-15(19)2)35-23-11-9-20(34-23)24(33)32-31-22-10-8-18(14-30-22)26(27,28)29/h8-14,17H,7H2,1-6H3,(H,30,31)(H,32,33). The van der Waals surface area contributed by atoms with Gasteiger partial charge in [0.15, 0.2) is 5.76 Å². The minimum atomic E-state index is -4.49. The van der Waals surface area contributed by atoms with Crippen molar-refractivity contribution in [1.82, 2.24) is 10.4 Å². The van der Waals surface area contributed by atoms with Crippen LogP contribution in [0, 0.1) is 19.8 Å². The number of aromatic nitrogens is 1. The van der Waals surface area contributed by atoms with Crippen molar-refractivity contribution in [2.24, 2.45) is 5.92 Å². The van der Waals surface area contributed by atoms with Crippen molar-refractivity contribution in [1.29, 1.82) is 0 Å². The number of ether oxygens (including phenoxy) is 1. The molecule has 1 atom stereocenters. The van der Waals surface area contributed by atoms with E-state index >= 15 is 0 Å². The van der Waals surface area contributed by atoms with Crippen LogP contribution in [-0.4, -0.2) is 10.9 Å². The van der Waals surface area contributed by atoms with Gasteiger partial charge in [0.25, 0.3) is 5.95 Å². The van der Waals surface area contributed by atoms with Crippen molar-refractivity contribution in [3.63, 3.8) is 0 Å². The van der Waals surface area contributed by atoms with Crippen LogP contribution in [0.3, 0.4) is 0 Å². The third kappa shape index (κ3) is 5.96. The van der Waals surface area contributed by atoms with Crippen molar-refractivity contribution in [2.45, 2.75) is 59.6 Å². The Morgan fingerprint density at radius 3 is 2.43 bits per heavy atom. The maximum absolute atomic E-state index is 12.6. The van der Waals surface area contributed by atoms with Gasteiger partial charge in [-0.25, -0.2) is 4.98 Å². The lowest BCUT2D eigenvalue weighted by molar-refractivity contribution is -0.137. The molecule has 6 nitrogen and oxygen atoms in total. The number of alkyl halides is 3. The first-order valence-corrected chi connectivity index (χ1v) is 11.3. The number of anilines is 1. The zero-order valence-corrected chi connectivity index (χ0v) is 20.6. The molecular weight excluding hydrogens is 459 g/mol. The second-order valence-corrected chi connectivity index (χ2v) is 9.19. The molecule has 2 heterocycles. The van der Waals surface area contributed by atoms with E-state index in [2.05, 4.69) is 49.6 Å². The Bertz CT molecular complexity index is 1180. The summed E-state index contributed by atoms with van der Waals surface area (Å²) in [6.07, 6.45) is -2.74. The zero-order valence-electron chi connectivity index (χ0n) is 20.6. The molecule has 188 valence electrons. The highest BCUT2D eigenvalue weighted by Gasteiger charge is 2.31. The first-order valence-electron chi connectivity index (χ1n) is 11.3. The van der Waals surface area contributed by atoms with Crippen LogP contribution in [0.1, 0.15) is 66.9 Å². The smallest absolute Gasteiger partial charge is 0.417 e. The maximum atomic E-state index is 12.6. The third-order valence-corrected chi connectivity index (χ3v) is 6.47. The van der Waals surface area contributed by atoms with E-state index in [0.29, 0.717) is 17.9 Å². The number of hydrogen-bond donors (Lipinski definition) is 2. The molecule has 0 saturated heterocycles. The molecule has 1 unspecified atom stereocenters. The van der Waals surface area contributed by atoms with E-state index in [1.807, 2.05) is 19.9 Å². The molecule has 0 aliphatic rings. The number of halogens is 3. The highest BCUT2D eigenvalue weighted by Crippen LogP contribution is 2.39. The number of furan rings is 1. The van der Waals surface area contributed by atoms with Crippen LogP contribution in [0.5, 0.6) is 11.7 Å². The molecule has 0 spiro atoms. The largest absolute Gasteiger partial charge is 0.426 e. The predicted octanol–water partition coefficient (Wildman–Crippen LogP) is 7.18. The zero-order chi connectivity index (χ0) is 26.0. The molecule has 0 aliphatic carbocycles. The van der Waals surface area contributed by atoms with Crippen molar-refractivity contribution in [3.05, 3.63) is 70.6 Å². The van der Waals surface area contributed by atoms with E-state index in [4.69, 9.17) is 9.15 Å². The molecule has 0 fully saturated rings. The fourth-order valence-electron chi connectivity index (χ4n) is 3.79. The quantitative estimate of drug-likeness (QED) is 0.328. The minimum Gasteiger partial charge on any atom is -0.426 e. The first kappa shape index (κ1) is 26.1. The number of rotatable bonds is 8. The lowest BCUT2D eigenvalue weighted by Crippen LogP contribution is -2.29. The van der Waals surface area contributed by atoms with Crippen molar-refractivity contribution >= 4 is 11.7 Å². The molecule has 9 heteroatoms. The first-order chi connectivity index (χ1) is 16.3. The van der Waals surface area contributed by atoms with Crippen LogP contribution < -0.4 is 15.6 Å². The SMILES string of the molecule is CCC(C)C(C)(C)c1cc(C)c(Oc2ccc(C(=O)NNc3ccc(C(F)(F)F)cn3)o2)cc1C. The third-order valence-electron chi connectivity index (χ3n) is 6.47.